The van der Waals surface area contributed by atoms with Crippen LogP contribution in [-0.4, -0.2) is 44.1 Å². The molecule has 16 heavy (non-hydrogen) atoms. The van der Waals surface area contributed by atoms with Crippen molar-refractivity contribution in [1.29, 1.82) is 0 Å². The highest BCUT2D eigenvalue weighted by atomic mass is 127. The van der Waals surface area contributed by atoms with Gasteiger partial charge in [0.1, 0.15) is 18.3 Å². The Morgan fingerprint density at radius 3 is 2.62 bits per heavy atom. The lowest BCUT2D eigenvalue weighted by atomic mass is 10.1. The molecule has 94 valence electrons. The van der Waals surface area contributed by atoms with E-state index in [1.165, 1.54) is 9.21 Å². The molecule has 2 unspecified atom stereocenters. The minimum atomic E-state index is -0.578. The van der Waals surface area contributed by atoms with Gasteiger partial charge in [0.05, 0.1) is 15.8 Å². The average molecular weight is 362 g/mol. The lowest BCUT2D eigenvalue weighted by Gasteiger charge is -2.23. The van der Waals surface area contributed by atoms with Gasteiger partial charge in [0.25, 0.3) is 0 Å². The van der Waals surface area contributed by atoms with Crippen molar-refractivity contribution in [3.8, 4) is 0 Å². The van der Waals surface area contributed by atoms with Gasteiger partial charge >= 0.3 is 0 Å². The molecule has 7 heteroatoms. The first kappa shape index (κ1) is 13.3. The molecule has 2 aliphatic rings. The fourth-order valence-corrected chi connectivity index (χ4v) is 2.68. The number of halogens is 1. The molecular weight excluding hydrogens is 347 g/mol. The van der Waals surface area contributed by atoms with Gasteiger partial charge in [-0.3, -0.25) is 0 Å². The molecule has 0 aromatic carbocycles. The van der Waals surface area contributed by atoms with Crippen LogP contribution < -0.4 is 0 Å². The van der Waals surface area contributed by atoms with E-state index in [4.69, 9.17) is 23.1 Å². The van der Waals surface area contributed by atoms with Crippen molar-refractivity contribution >= 4 is 30.4 Å². The third-order valence-corrected chi connectivity index (χ3v) is 3.60. The van der Waals surface area contributed by atoms with E-state index in [0.29, 0.717) is 6.61 Å². The summed E-state index contributed by atoms with van der Waals surface area (Å²) in [5.74, 6) is -0.578. The second-order valence-corrected chi connectivity index (χ2v) is 5.63. The van der Waals surface area contributed by atoms with Gasteiger partial charge in [-0.25, -0.2) is 0 Å². The normalized spacial score (nSPS) is 41.2. The van der Waals surface area contributed by atoms with E-state index in [-0.39, 0.29) is 24.6 Å². The van der Waals surface area contributed by atoms with Crippen molar-refractivity contribution in [3.63, 3.8) is 0 Å². The van der Waals surface area contributed by atoms with E-state index in [1.807, 2.05) is 13.8 Å². The van der Waals surface area contributed by atoms with E-state index in [2.05, 4.69) is 21.2 Å². The smallest absolute Gasteiger partial charge is 0.186 e. The highest BCUT2D eigenvalue weighted by molar-refractivity contribution is 14.2. The SMILES string of the molecule is COC1OC(COSI)[C@H]2OC(C)(C)O[C@@H]12. The zero-order chi connectivity index (χ0) is 11.8. The quantitative estimate of drug-likeness (QED) is 0.562. The fraction of sp³-hybridized carbons (Fsp3) is 1.00. The van der Waals surface area contributed by atoms with Gasteiger partial charge in [-0.2, -0.15) is 0 Å². The number of ether oxygens (including phenoxy) is 4. The molecule has 0 spiro atoms. The Kier molecular flexibility index (Phi) is 4.37. The molecule has 2 rings (SSSR count). The molecule has 5 nitrogen and oxygen atoms in total. The fourth-order valence-electron chi connectivity index (χ4n) is 2.06. The predicted molar refractivity (Wildman–Crippen MR) is 67.1 cm³/mol. The molecule has 0 bridgehead atoms. The molecule has 0 radical (unpaired) electrons. The molecule has 2 saturated heterocycles. The maximum absolute atomic E-state index is 5.80. The van der Waals surface area contributed by atoms with Crippen LogP contribution in [0, 0.1) is 0 Å². The van der Waals surface area contributed by atoms with Crippen molar-refractivity contribution in [2.45, 2.75) is 44.2 Å². The van der Waals surface area contributed by atoms with Crippen LogP contribution in [-0.2, 0) is 23.1 Å². The molecule has 2 fully saturated rings. The van der Waals surface area contributed by atoms with Crippen LogP contribution in [0.4, 0.5) is 0 Å². The highest BCUT2D eigenvalue weighted by Crippen LogP contribution is 2.39. The van der Waals surface area contributed by atoms with Crippen LogP contribution in [0.5, 0.6) is 0 Å². The van der Waals surface area contributed by atoms with Gasteiger partial charge < -0.3 is 23.1 Å². The van der Waals surface area contributed by atoms with Gasteiger partial charge in [-0.15, -0.1) is 0 Å². The molecule has 0 saturated carbocycles. The summed E-state index contributed by atoms with van der Waals surface area (Å²) in [6.45, 7) is 4.25. The molecule has 2 heterocycles. The zero-order valence-corrected chi connectivity index (χ0v) is 12.3. The van der Waals surface area contributed by atoms with Crippen LogP contribution in [0.15, 0.2) is 0 Å². The van der Waals surface area contributed by atoms with Gasteiger partial charge in [-0.05, 0) is 13.8 Å². The molecule has 0 amide bonds. The van der Waals surface area contributed by atoms with E-state index in [9.17, 15) is 0 Å². The average Bonchev–Trinajstić information content (AvgIpc) is 2.69. The topological polar surface area (TPSA) is 46.2 Å². The molecule has 0 aromatic heterocycles. The minimum absolute atomic E-state index is 0.122. The van der Waals surface area contributed by atoms with Gasteiger partial charge in [0.2, 0.25) is 0 Å². The lowest BCUT2D eigenvalue weighted by Crippen LogP contribution is -2.32. The van der Waals surface area contributed by atoms with E-state index >= 15 is 0 Å². The summed E-state index contributed by atoms with van der Waals surface area (Å²) in [6.07, 6.45) is -0.810. The van der Waals surface area contributed by atoms with Crippen LogP contribution in [0.2, 0.25) is 0 Å². The van der Waals surface area contributed by atoms with Crippen LogP contribution >= 0.6 is 30.4 Å². The first-order valence-electron chi connectivity index (χ1n) is 5.01. The summed E-state index contributed by atoms with van der Waals surface area (Å²) in [5, 5.41) is 0. The van der Waals surface area contributed by atoms with E-state index in [0.717, 1.165) is 0 Å². The van der Waals surface area contributed by atoms with E-state index < -0.39 is 5.79 Å². The third-order valence-electron chi connectivity index (χ3n) is 2.62. The first-order valence-corrected chi connectivity index (χ1v) is 8.30. The summed E-state index contributed by atoms with van der Waals surface area (Å²) in [7, 11) is 2.89. The van der Waals surface area contributed by atoms with Crippen molar-refractivity contribution in [1.82, 2.24) is 0 Å². The van der Waals surface area contributed by atoms with Crippen LogP contribution in [0.25, 0.3) is 0 Å². The largest absolute Gasteiger partial charge is 0.353 e. The van der Waals surface area contributed by atoms with Crippen molar-refractivity contribution in [2.24, 2.45) is 0 Å². The number of methoxy groups -OCH3 is 1. The number of rotatable bonds is 4. The molecular formula is C9H15IO5S. The number of hydrogen-bond acceptors (Lipinski definition) is 6. The molecule has 4 atom stereocenters. The third kappa shape index (κ3) is 2.65. The Labute approximate surface area is 111 Å². The van der Waals surface area contributed by atoms with Crippen molar-refractivity contribution < 1.29 is 23.1 Å². The zero-order valence-electron chi connectivity index (χ0n) is 9.34. The Balaban J connectivity index is 2.02. The molecule has 0 aromatic rings. The van der Waals surface area contributed by atoms with Gasteiger partial charge in [0.15, 0.2) is 12.1 Å². The standard InChI is InChI=1S/C9H15IO5S/c1-9(2)14-6-5(4-12-16-10)13-8(11-3)7(6)15-9/h5-8H,4H2,1-3H3/t5?,6-,7-,8?/m1/s1. The monoisotopic (exact) mass is 362 g/mol. The Hall–Kier alpha value is 0.880. The van der Waals surface area contributed by atoms with Gasteiger partial charge in [0, 0.05) is 28.3 Å². The molecule has 2 aliphatic heterocycles. The summed E-state index contributed by atoms with van der Waals surface area (Å²) in [4.78, 5) is 0. The summed E-state index contributed by atoms with van der Waals surface area (Å²) in [5.41, 5.74) is 0. The van der Waals surface area contributed by atoms with Gasteiger partial charge in [-0.1, -0.05) is 0 Å². The maximum Gasteiger partial charge on any atom is 0.186 e. The van der Waals surface area contributed by atoms with Crippen molar-refractivity contribution in [3.05, 3.63) is 0 Å². The summed E-state index contributed by atoms with van der Waals surface area (Å²) >= 11 is 2.07. The Bertz CT molecular complexity index is 252. The first-order chi connectivity index (χ1) is 7.57. The molecule has 0 N–H and O–H groups in total. The summed E-state index contributed by atoms with van der Waals surface area (Å²) in [6, 6.07) is 0. The number of fused-ring (bicyclic) bond motifs is 1. The minimum Gasteiger partial charge on any atom is -0.353 e. The predicted octanol–water partition coefficient (Wildman–Crippen LogP) is 1.89. The maximum atomic E-state index is 5.80. The Morgan fingerprint density at radius 2 is 2.00 bits per heavy atom. The number of hydrogen-bond donors (Lipinski definition) is 0. The van der Waals surface area contributed by atoms with Crippen LogP contribution in [0.3, 0.4) is 0 Å². The molecule has 0 aliphatic carbocycles. The van der Waals surface area contributed by atoms with Crippen LogP contribution in [0.1, 0.15) is 13.8 Å². The summed E-state index contributed by atoms with van der Waals surface area (Å²) < 4.78 is 27.7. The highest BCUT2D eigenvalue weighted by Gasteiger charge is 2.55. The van der Waals surface area contributed by atoms with E-state index in [1.54, 1.807) is 7.11 Å². The van der Waals surface area contributed by atoms with Crippen molar-refractivity contribution in [2.75, 3.05) is 13.7 Å². The second kappa shape index (κ2) is 5.25. The Morgan fingerprint density at radius 1 is 1.31 bits per heavy atom. The second-order valence-electron chi connectivity index (χ2n) is 4.19. The lowest BCUT2D eigenvalue weighted by molar-refractivity contribution is -0.229.